The molecule has 17 heavy (non-hydrogen) atoms. The molecule has 0 aliphatic carbocycles. The molecule has 1 N–H and O–H groups in total. The molecule has 2 atom stereocenters. The number of hydrogen-bond acceptors (Lipinski definition) is 1. The third-order valence-electron chi connectivity index (χ3n) is 2.33. The Morgan fingerprint density at radius 1 is 1.35 bits per heavy atom. The molecule has 0 bridgehead atoms. The van der Waals surface area contributed by atoms with Gasteiger partial charge in [-0.05, 0) is 26.3 Å². The zero-order chi connectivity index (χ0) is 12.9. The average molecular weight is 249 g/mol. The Balaban J connectivity index is 2.82. The molecule has 0 saturated heterocycles. The van der Waals surface area contributed by atoms with Crippen LogP contribution in [0.25, 0.3) is 0 Å². The van der Waals surface area contributed by atoms with Crippen molar-refractivity contribution in [3.63, 3.8) is 0 Å². The molecule has 0 aliphatic rings. The van der Waals surface area contributed by atoms with Crippen molar-refractivity contribution >= 4 is 11.0 Å². The normalized spacial score (nSPS) is 14.9. The lowest BCUT2D eigenvalue weighted by molar-refractivity contribution is 0.604. The first kappa shape index (κ1) is 14.0. The number of nitrogens with one attached hydrogen (secondary N) is 1. The standard InChI is InChI=1S/C14H19NOS/c1-5-9-13(12-10-7-6-8-11-12)15-17(16)14(2,3)4/h1,6-8,10-11,13,15H,9H2,2-4H3/t13-,17?/m0/s1. The van der Waals surface area contributed by atoms with Crippen molar-refractivity contribution in [2.45, 2.75) is 38.0 Å². The lowest BCUT2D eigenvalue weighted by Crippen LogP contribution is -2.35. The van der Waals surface area contributed by atoms with Gasteiger partial charge < -0.3 is 0 Å². The third kappa shape index (κ3) is 4.33. The third-order valence-corrected chi connectivity index (χ3v) is 3.94. The van der Waals surface area contributed by atoms with Crippen molar-refractivity contribution in [1.82, 2.24) is 4.72 Å². The predicted octanol–water partition coefficient (Wildman–Crippen LogP) is 2.80. The Morgan fingerprint density at radius 2 is 1.94 bits per heavy atom. The molecule has 0 amide bonds. The summed E-state index contributed by atoms with van der Waals surface area (Å²) in [6, 6.07) is 9.81. The van der Waals surface area contributed by atoms with Crippen LogP contribution in [-0.2, 0) is 11.0 Å². The largest absolute Gasteiger partial charge is 0.242 e. The topological polar surface area (TPSA) is 29.1 Å². The molecule has 1 unspecified atom stereocenters. The van der Waals surface area contributed by atoms with Crippen molar-refractivity contribution in [2.24, 2.45) is 0 Å². The van der Waals surface area contributed by atoms with Gasteiger partial charge in [0.25, 0.3) is 0 Å². The van der Waals surface area contributed by atoms with Crippen LogP contribution in [0.4, 0.5) is 0 Å². The Morgan fingerprint density at radius 3 is 2.41 bits per heavy atom. The predicted molar refractivity (Wildman–Crippen MR) is 73.7 cm³/mol. The number of hydrogen-bond donors (Lipinski definition) is 1. The summed E-state index contributed by atoms with van der Waals surface area (Å²) in [5.74, 6) is 2.63. The molecule has 0 aromatic heterocycles. The Labute approximate surface area is 106 Å². The minimum atomic E-state index is -1.11. The smallest absolute Gasteiger partial charge is 0.0976 e. The van der Waals surface area contributed by atoms with Crippen molar-refractivity contribution in [2.75, 3.05) is 0 Å². The highest BCUT2D eigenvalue weighted by atomic mass is 32.2. The first-order valence-electron chi connectivity index (χ1n) is 5.61. The summed E-state index contributed by atoms with van der Waals surface area (Å²) < 4.78 is 14.9. The summed E-state index contributed by atoms with van der Waals surface area (Å²) in [7, 11) is -1.11. The minimum Gasteiger partial charge on any atom is -0.242 e. The van der Waals surface area contributed by atoms with E-state index in [0.717, 1.165) is 5.56 Å². The molecule has 3 heteroatoms. The molecule has 2 nitrogen and oxygen atoms in total. The maximum atomic E-state index is 12.1. The highest BCUT2D eigenvalue weighted by Gasteiger charge is 2.23. The summed E-state index contributed by atoms with van der Waals surface area (Å²) >= 11 is 0. The zero-order valence-electron chi connectivity index (χ0n) is 10.6. The van der Waals surface area contributed by atoms with Crippen LogP contribution < -0.4 is 4.72 Å². The lowest BCUT2D eigenvalue weighted by atomic mass is 10.1. The van der Waals surface area contributed by atoms with Crippen LogP contribution in [-0.4, -0.2) is 8.96 Å². The Bertz CT molecular complexity index is 414. The second kappa shape index (κ2) is 6.00. The van der Waals surface area contributed by atoms with E-state index in [1.807, 2.05) is 51.1 Å². The van der Waals surface area contributed by atoms with Crippen LogP contribution >= 0.6 is 0 Å². The van der Waals surface area contributed by atoms with E-state index in [1.165, 1.54) is 0 Å². The Hall–Kier alpha value is -1.11. The van der Waals surface area contributed by atoms with Crippen LogP contribution in [0, 0.1) is 12.3 Å². The molecular weight excluding hydrogens is 230 g/mol. The summed E-state index contributed by atoms with van der Waals surface area (Å²) in [6.45, 7) is 5.82. The van der Waals surface area contributed by atoms with E-state index in [-0.39, 0.29) is 10.8 Å². The van der Waals surface area contributed by atoms with E-state index in [4.69, 9.17) is 6.42 Å². The summed E-state index contributed by atoms with van der Waals surface area (Å²) in [4.78, 5) is 0. The number of terminal acetylenes is 1. The van der Waals surface area contributed by atoms with Gasteiger partial charge in [0.1, 0.15) is 0 Å². The highest BCUT2D eigenvalue weighted by Crippen LogP contribution is 2.19. The van der Waals surface area contributed by atoms with Gasteiger partial charge in [-0.2, -0.15) is 0 Å². The van der Waals surface area contributed by atoms with E-state index in [2.05, 4.69) is 10.6 Å². The van der Waals surface area contributed by atoms with Crippen LogP contribution in [0.3, 0.4) is 0 Å². The summed E-state index contributed by atoms with van der Waals surface area (Å²) in [6.07, 6.45) is 5.90. The zero-order valence-corrected chi connectivity index (χ0v) is 11.4. The molecule has 92 valence electrons. The molecule has 1 aromatic carbocycles. The maximum Gasteiger partial charge on any atom is 0.0976 e. The number of rotatable bonds is 4. The molecule has 0 aliphatic heterocycles. The monoisotopic (exact) mass is 249 g/mol. The van der Waals surface area contributed by atoms with Crippen LogP contribution in [0.15, 0.2) is 30.3 Å². The van der Waals surface area contributed by atoms with Gasteiger partial charge >= 0.3 is 0 Å². The van der Waals surface area contributed by atoms with Gasteiger partial charge in [-0.3, -0.25) is 0 Å². The van der Waals surface area contributed by atoms with Gasteiger partial charge in [0.05, 0.1) is 21.8 Å². The SMILES string of the molecule is C#CC[C@H](NS(=O)C(C)(C)C)c1ccccc1. The highest BCUT2D eigenvalue weighted by molar-refractivity contribution is 7.84. The molecule has 0 heterocycles. The Kier molecular flexibility index (Phi) is 4.92. The summed E-state index contributed by atoms with van der Waals surface area (Å²) in [5.41, 5.74) is 1.07. The van der Waals surface area contributed by atoms with Crippen LogP contribution in [0.5, 0.6) is 0 Å². The quantitative estimate of drug-likeness (QED) is 0.817. The molecule has 0 fully saturated rings. The maximum absolute atomic E-state index is 12.1. The summed E-state index contributed by atoms with van der Waals surface area (Å²) in [5, 5.41) is 0. The first-order valence-corrected chi connectivity index (χ1v) is 6.76. The second-order valence-electron chi connectivity index (χ2n) is 4.87. The van der Waals surface area contributed by atoms with E-state index >= 15 is 0 Å². The fourth-order valence-electron chi connectivity index (χ4n) is 1.34. The second-order valence-corrected chi connectivity index (χ2v) is 6.87. The minimum absolute atomic E-state index is 0.0544. The first-order chi connectivity index (χ1) is 7.95. The average Bonchev–Trinajstić information content (AvgIpc) is 2.28. The van der Waals surface area contributed by atoms with Gasteiger partial charge in [0.15, 0.2) is 0 Å². The van der Waals surface area contributed by atoms with Gasteiger partial charge in [0.2, 0.25) is 0 Å². The van der Waals surface area contributed by atoms with Crippen molar-refractivity contribution in [3.8, 4) is 12.3 Å². The van der Waals surface area contributed by atoms with Crippen molar-refractivity contribution in [1.29, 1.82) is 0 Å². The van der Waals surface area contributed by atoms with Crippen LogP contribution in [0.1, 0.15) is 38.8 Å². The molecule has 0 spiro atoms. The van der Waals surface area contributed by atoms with Gasteiger partial charge in [0, 0.05) is 6.42 Å². The molecule has 0 radical (unpaired) electrons. The fourth-order valence-corrected chi connectivity index (χ4v) is 2.17. The van der Waals surface area contributed by atoms with Crippen molar-refractivity contribution in [3.05, 3.63) is 35.9 Å². The van der Waals surface area contributed by atoms with E-state index in [9.17, 15) is 4.21 Å². The fraction of sp³-hybridized carbons (Fsp3) is 0.429. The van der Waals surface area contributed by atoms with E-state index in [1.54, 1.807) is 0 Å². The van der Waals surface area contributed by atoms with Crippen LogP contribution in [0.2, 0.25) is 0 Å². The lowest BCUT2D eigenvalue weighted by Gasteiger charge is -2.23. The number of benzene rings is 1. The van der Waals surface area contributed by atoms with E-state index in [0.29, 0.717) is 6.42 Å². The molecular formula is C14H19NOS. The van der Waals surface area contributed by atoms with Gasteiger partial charge in [-0.15, -0.1) is 12.3 Å². The molecule has 1 aromatic rings. The van der Waals surface area contributed by atoms with Gasteiger partial charge in [-0.1, -0.05) is 30.3 Å². The molecule has 1 rings (SSSR count). The van der Waals surface area contributed by atoms with Crippen molar-refractivity contribution < 1.29 is 4.21 Å². The van der Waals surface area contributed by atoms with E-state index < -0.39 is 11.0 Å². The molecule has 0 saturated carbocycles. The van der Waals surface area contributed by atoms with Gasteiger partial charge in [-0.25, -0.2) is 8.93 Å².